The van der Waals surface area contributed by atoms with Gasteiger partial charge in [0.05, 0.1) is 5.02 Å². The number of anilines is 1. The number of halogens is 2. The minimum absolute atomic E-state index is 0.0100. The molecular formula is C18H13ClFN3O3. The summed E-state index contributed by atoms with van der Waals surface area (Å²) in [6, 6.07) is 13.7. The molecule has 2 aromatic carbocycles. The third-order valence-electron chi connectivity index (χ3n) is 3.40. The molecule has 0 saturated carbocycles. The molecule has 0 bridgehead atoms. The predicted octanol–water partition coefficient (Wildman–Crippen LogP) is 3.32. The highest BCUT2D eigenvalue weighted by Gasteiger charge is 2.24. The number of nitrogens with one attached hydrogen (secondary N) is 2. The fourth-order valence-corrected chi connectivity index (χ4v) is 2.37. The molecule has 132 valence electrons. The second-order valence-electron chi connectivity index (χ2n) is 5.26. The van der Waals surface area contributed by atoms with Crippen LogP contribution < -0.4 is 15.6 Å². The van der Waals surface area contributed by atoms with E-state index in [9.17, 15) is 14.0 Å². The third-order valence-corrected chi connectivity index (χ3v) is 3.69. The van der Waals surface area contributed by atoms with Gasteiger partial charge in [0.1, 0.15) is 11.6 Å². The van der Waals surface area contributed by atoms with Crippen molar-refractivity contribution < 1.29 is 13.9 Å². The van der Waals surface area contributed by atoms with Crippen LogP contribution in [0.4, 0.5) is 10.3 Å². The van der Waals surface area contributed by atoms with Crippen molar-refractivity contribution >= 4 is 23.5 Å². The highest BCUT2D eigenvalue weighted by molar-refractivity contribution is 6.30. The van der Waals surface area contributed by atoms with Gasteiger partial charge in [-0.05, 0) is 12.1 Å². The first-order valence-electron chi connectivity index (χ1n) is 7.56. The summed E-state index contributed by atoms with van der Waals surface area (Å²) >= 11 is 5.76. The Kier molecular flexibility index (Phi) is 5.28. The SMILES string of the molecule is O=C(Nc1nccc(=O)[nH]1)C(Oc1ccc(F)c(Cl)c1)c1ccccc1. The molecule has 0 aliphatic rings. The van der Waals surface area contributed by atoms with Crippen molar-refractivity contribution in [2.24, 2.45) is 0 Å². The van der Waals surface area contributed by atoms with Crippen molar-refractivity contribution in [3.8, 4) is 5.75 Å². The molecule has 0 aliphatic heterocycles. The van der Waals surface area contributed by atoms with E-state index in [0.717, 1.165) is 6.07 Å². The van der Waals surface area contributed by atoms with Gasteiger partial charge in [0.25, 0.3) is 11.5 Å². The second kappa shape index (κ2) is 7.79. The van der Waals surface area contributed by atoms with Crippen molar-refractivity contribution in [1.29, 1.82) is 0 Å². The van der Waals surface area contributed by atoms with Crippen LogP contribution in [0.25, 0.3) is 0 Å². The Morgan fingerprint density at radius 1 is 1.19 bits per heavy atom. The van der Waals surface area contributed by atoms with E-state index in [0.29, 0.717) is 5.56 Å². The summed E-state index contributed by atoms with van der Waals surface area (Å²) < 4.78 is 19.1. The van der Waals surface area contributed by atoms with Crippen LogP contribution in [0.15, 0.2) is 65.6 Å². The fraction of sp³-hybridized carbons (Fsp3) is 0.0556. The molecule has 0 spiro atoms. The van der Waals surface area contributed by atoms with E-state index in [1.54, 1.807) is 30.3 Å². The maximum absolute atomic E-state index is 13.3. The van der Waals surface area contributed by atoms with Gasteiger partial charge in [-0.15, -0.1) is 0 Å². The first kappa shape index (κ1) is 17.6. The number of benzene rings is 2. The standard InChI is InChI=1S/C18H13ClFN3O3/c19-13-10-12(6-7-14(13)20)26-16(11-4-2-1-3-5-11)17(25)23-18-21-9-8-15(24)22-18/h1-10,16H,(H2,21,22,23,24,25). The number of amides is 1. The lowest BCUT2D eigenvalue weighted by Gasteiger charge is -2.19. The average molecular weight is 374 g/mol. The highest BCUT2D eigenvalue weighted by Crippen LogP contribution is 2.27. The fourth-order valence-electron chi connectivity index (χ4n) is 2.20. The number of nitrogens with zero attached hydrogens (tertiary/aromatic N) is 1. The molecule has 26 heavy (non-hydrogen) atoms. The Balaban J connectivity index is 1.89. The number of carbonyl (C=O) groups is 1. The normalized spacial score (nSPS) is 11.6. The van der Waals surface area contributed by atoms with Crippen LogP contribution in [0.1, 0.15) is 11.7 Å². The summed E-state index contributed by atoms with van der Waals surface area (Å²) in [5, 5.41) is 2.37. The van der Waals surface area contributed by atoms with Crippen molar-refractivity contribution in [2.75, 3.05) is 5.32 Å². The van der Waals surface area contributed by atoms with Gasteiger partial charge < -0.3 is 4.74 Å². The molecule has 1 amide bonds. The Labute approximate surface area is 152 Å². The van der Waals surface area contributed by atoms with Crippen molar-refractivity contribution in [1.82, 2.24) is 9.97 Å². The van der Waals surface area contributed by atoms with Crippen LogP contribution in [-0.4, -0.2) is 15.9 Å². The summed E-state index contributed by atoms with van der Waals surface area (Å²) in [6.45, 7) is 0. The maximum atomic E-state index is 13.3. The molecule has 0 fully saturated rings. The summed E-state index contributed by atoms with van der Waals surface area (Å²) in [4.78, 5) is 30.3. The third kappa shape index (κ3) is 4.25. The number of hydrogen-bond acceptors (Lipinski definition) is 4. The van der Waals surface area contributed by atoms with E-state index in [-0.39, 0.29) is 16.7 Å². The Bertz CT molecular complexity index is 979. The zero-order chi connectivity index (χ0) is 18.5. The van der Waals surface area contributed by atoms with Crippen molar-refractivity contribution in [3.05, 3.63) is 87.6 Å². The Morgan fingerprint density at radius 3 is 2.65 bits per heavy atom. The molecule has 0 radical (unpaired) electrons. The molecule has 2 N–H and O–H groups in total. The molecule has 8 heteroatoms. The van der Waals surface area contributed by atoms with Gasteiger partial charge in [-0.2, -0.15) is 0 Å². The number of H-pyrrole nitrogens is 1. The molecule has 1 heterocycles. The smallest absolute Gasteiger partial charge is 0.272 e. The van der Waals surface area contributed by atoms with Gasteiger partial charge in [-0.3, -0.25) is 19.9 Å². The molecular weight excluding hydrogens is 361 g/mol. The van der Waals surface area contributed by atoms with Crippen molar-refractivity contribution in [3.63, 3.8) is 0 Å². The molecule has 0 aliphatic carbocycles. The van der Waals surface area contributed by atoms with Gasteiger partial charge in [0.2, 0.25) is 12.1 Å². The van der Waals surface area contributed by atoms with E-state index in [1.165, 1.54) is 24.4 Å². The number of carbonyl (C=O) groups excluding carboxylic acids is 1. The summed E-state index contributed by atoms with van der Waals surface area (Å²) in [6.07, 6.45) is 0.204. The summed E-state index contributed by atoms with van der Waals surface area (Å²) in [5.41, 5.74) is 0.154. The zero-order valence-corrected chi connectivity index (χ0v) is 14.0. The zero-order valence-electron chi connectivity index (χ0n) is 13.3. The van der Waals surface area contributed by atoms with Gasteiger partial charge >= 0.3 is 0 Å². The van der Waals surface area contributed by atoms with E-state index in [1.807, 2.05) is 0 Å². The van der Waals surface area contributed by atoms with Gasteiger partial charge in [-0.1, -0.05) is 41.9 Å². The van der Waals surface area contributed by atoms with E-state index >= 15 is 0 Å². The van der Waals surface area contributed by atoms with Gasteiger partial charge in [0, 0.05) is 23.9 Å². The molecule has 1 atom stereocenters. The number of aromatic amines is 1. The lowest BCUT2D eigenvalue weighted by Crippen LogP contribution is -2.27. The second-order valence-corrected chi connectivity index (χ2v) is 5.66. The van der Waals surface area contributed by atoms with Crippen LogP contribution in [0, 0.1) is 5.82 Å². The predicted molar refractivity (Wildman–Crippen MR) is 94.7 cm³/mol. The average Bonchev–Trinajstić information content (AvgIpc) is 2.63. The molecule has 3 rings (SSSR count). The Hall–Kier alpha value is -3.19. The number of aromatic nitrogens is 2. The molecule has 6 nitrogen and oxygen atoms in total. The van der Waals surface area contributed by atoms with Crippen LogP contribution in [0.3, 0.4) is 0 Å². The molecule has 3 aromatic rings. The summed E-state index contributed by atoms with van der Waals surface area (Å²) in [5.74, 6) is -0.948. The molecule has 0 saturated heterocycles. The van der Waals surface area contributed by atoms with Crippen LogP contribution in [0.2, 0.25) is 5.02 Å². The maximum Gasteiger partial charge on any atom is 0.272 e. The van der Waals surface area contributed by atoms with E-state index in [4.69, 9.17) is 16.3 Å². The monoisotopic (exact) mass is 373 g/mol. The summed E-state index contributed by atoms with van der Waals surface area (Å²) in [7, 11) is 0. The van der Waals surface area contributed by atoms with Crippen molar-refractivity contribution in [2.45, 2.75) is 6.10 Å². The minimum Gasteiger partial charge on any atom is -0.476 e. The highest BCUT2D eigenvalue weighted by atomic mass is 35.5. The van der Waals surface area contributed by atoms with Gasteiger partial charge in [-0.25, -0.2) is 9.37 Å². The lowest BCUT2D eigenvalue weighted by molar-refractivity contribution is -0.123. The van der Waals surface area contributed by atoms with Crippen LogP contribution in [-0.2, 0) is 4.79 Å². The number of rotatable bonds is 5. The minimum atomic E-state index is -1.07. The lowest BCUT2D eigenvalue weighted by atomic mass is 10.1. The molecule has 1 aromatic heterocycles. The number of ether oxygens (including phenoxy) is 1. The van der Waals surface area contributed by atoms with E-state index < -0.39 is 23.4 Å². The van der Waals surface area contributed by atoms with Crippen LogP contribution >= 0.6 is 11.6 Å². The largest absolute Gasteiger partial charge is 0.476 e. The molecule has 1 unspecified atom stereocenters. The Morgan fingerprint density at radius 2 is 1.96 bits per heavy atom. The topological polar surface area (TPSA) is 84.1 Å². The van der Waals surface area contributed by atoms with Gasteiger partial charge in [0.15, 0.2) is 0 Å². The quantitative estimate of drug-likeness (QED) is 0.718. The number of hydrogen-bond donors (Lipinski definition) is 2. The first-order valence-corrected chi connectivity index (χ1v) is 7.93. The van der Waals surface area contributed by atoms with E-state index in [2.05, 4.69) is 15.3 Å². The van der Waals surface area contributed by atoms with Crippen LogP contribution in [0.5, 0.6) is 5.75 Å². The first-order chi connectivity index (χ1) is 12.5.